The summed E-state index contributed by atoms with van der Waals surface area (Å²) in [5, 5.41) is 33.1. The van der Waals surface area contributed by atoms with Crippen LogP contribution in [0.15, 0.2) is 11.8 Å². The van der Waals surface area contributed by atoms with Crippen molar-refractivity contribution in [1.82, 2.24) is 0 Å². The van der Waals surface area contributed by atoms with Gasteiger partial charge in [-0.1, -0.05) is 13.8 Å². The molecule has 254 valence electrons. The summed E-state index contributed by atoms with van der Waals surface area (Å²) < 4.78 is 43.7. The second kappa shape index (κ2) is 15.3. The average molecular weight is 647 g/mol. The zero-order valence-corrected chi connectivity index (χ0v) is 26.0. The number of rotatable bonds is 12. The van der Waals surface area contributed by atoms with Crippen LogP contribution in [-0.4, -0.2) is 114 Å². The minimum absolute atomic E-state index is 0.0206. The Kier molecular flexibility index (Phi) is 12.3. The fourth-order valence-corrected chi connectivity index (χ4v) is 5.55. The van der Waals surface area contributed by atoms with E-state index in [2.05, 4.69) is 0 Å². The zero-order valence-electron chi connectivity index (χ0n) is 26.0. The van der Waals surface area contributed by atoms with Gasteiger partial charge in [0.25, 0.3) is 0 Å². The predicted octanol–water partition coefficient (Wildman–Crippen LogP) is -0.364. The Balaban J connectivity index is 1.93. The maximum Gasteiger partial charge on any atom is 0.311 e. The molecule has 0 spiro atoms. The third kappa shape index (κ3) is 8.70. The number of carbonyl (C=O) groups excluding carboxylic acids is 5. The van der Waals surface area contributed by atoms with Gasteiger partial charge in [0.15, 0.2) is 12.4 Å². The summed E-state index contributed by atoms with van der Waals surface area (Å²) in [4.78, 5) is 59.6. The number of ether oxygens (including phenoxy) is 8. The molecule has 1 saturated heterocycles. The van der Waals surface area contributed by atoms with E-state index >= 15 is 0 Å². The molecule has 3 N–H and O–H groups in total. The van der Waals surface area contributed by atoms with Crippen LogP contribution in [0.25, 0.3) is 0 Å². The minimum atomic E-state index is -2.06. The summed E-state index contributed by atoms with van der Waals surface area (Å²) in [5.74, 6) is -5.86. The Hall–Kier alpha value is -3.31. The summed E-state index contributed by atoms with van der Waals surface area (Å²) in [5.41, 5.74) is -1.70. The molecule has 2 fully saturated rings. The van der Waals surface area contributed by atoms with Crippen LogP contribution in [0, 0.1) is 17.8 Å². The van der Waals surface area contributed by atoms with Gasteiger partial charge in [-0.05, 0) is 18.4 Å². The van der Waals surface area contributed by atoms with Gasteiger partial charge in [0.05, 0.1) is 24.7 Å². The molecule has 45 heavy (non-hydrogen) atoms. The van der Waals surface area contributed by atoms with E-state index in [0.29, 0.717) is 12.0 Å². The van der Waals surface area contributed by atoms with E-state index in [0.717, 1.165) is 27.7 Å². The van der Waals surface area contributed by atoms with Crippen LogP contribution in [0.4, 0.5) is 0 Å². The summed E-state index contributed by atoms with van der Waals surface area (Å²) >= 11 is 0. The molecule has 0 aromatic heterocycles. The molecule has 1 aliphatic carbocycles. The number of esters is 5. The minimum Gasteiger partial charge on any atom is -0.463 e. The van der Waals surface area contributed by atoms with E-state index in [1.54, 1.807) is 13.8 Å². The van der Waals surface area contributed by atoms with Gasteiger partial charge in [0.1, 0.15) is 43.2 Å². The van der Waals surface area contributed by atoms with Crippen LogP contribution < -0.4 is 0 Å². The first-order valence-corrected chi connectivity index (χ1v) is 14.6. The molecule has 0 amide bonds. The molecule has 0 aromatic carbocycles. The second-order valence-corrected chi connectivity index (χ2v) is 11.4. The fourth-order valence-electron chi connectivity index (χ4n) is 5.55. The van der Waals surface area contributed by atoms with E-state index in [-0.39, 0.29) is 13.0 Å². The number of aliphatic hydroxyl groups is 3. The molecule has 0 unspecified atom stereocenters. The zero-order chi connectivity index (χ0) is 33.6. The maximum absolute atomic E-state index is 12.8. The van der Waals surface area contributed by atoms with Crippen molar-refractivity contribution in [2.45, 2.75) is 103 Å². The highest BCUT2D eigenvalue weighted by Crippen LogP contribution is 2.51. The molecule has 0 radical (unpaired) electrons. The summed E-state index contributed by atoms with van der Waals surface area (Å²) in [6.07, 6.45) is -8.39. The standard InChI is InChI=1S/C29H42O16/c1-7-13(2)26(36)45-27-22-19(8-21(42-16(5)32)29(22,37)12-41-15(4)31)18(9-39-27)10-40-28-25(43-17(6)33)24(35)23(34)20(44-28)11-38-14(3)30/h9,13,19-25,27-28,34-35,37H,7-8,10-12H2,1-6H3/t13-,19-,20-,21+,22-,23-,24+,25-,27+,28-,29-/m1/s1. The molecule has 16 heteroatoms. The lowest BCUT2D eigenvalue weighted by Crippen LogP contribution is -2.60. The topological polar surface area (TPSA) is 220 Å². The Bertz CT molecular complexity index is 1140. The van der Waals surface area contributed by atoms with Crippen molar-refractivity contribution in [3.8, 4) is 0 Å². The first-order chi connectivity index (χ1) is 21.1. The van der Waals surface area contributed by atoms with Gasteiger partial charge in [0.2, 0.25) is 6.29 Å². The number of aliphatic hydroxyl groups excluding tert-OH is 2. The van der Waals surface area contributed by atoms with Gasteiger partial charge in [0, 0.05) is 33.6 Å². The first kappa shape index (κ1) is 36.2. The SMILES string of the molecule is CC[C@@H](C)C(=O)O[C@@H]1OC=C(CO[C@@H]2O[C@H](COC(C)=O)[C@@H](O)[C@H](O)[C@H]2OC(C)=O)[C@H]2C[C@H](OC(C)=O)[C@](O)(COC(C)=O)[C@@H]12. The van der Waals surface area contributed by atoms with Crippen LogP contribution in [0.1, 0.15) is 54.4 Å². The highest BCUT2D eigenvalue weighted by molar-refractivity contribution is 5.72. The average Bonchev–Trinajstić information content (AvgIpc) is 3.25. The summed E-state index contributed by atoms with van der Waals surface area (Å²) in [6, 6.07) is 0. The van der Waals surface area contributed by atoms with Crippen LogP contribution in [0.5, 0.6) is 0 Å². The molecule has 16 nitrogen and oxygen atoms in total. The van der Waals surface area contributed by atoms with Crippen LogP contribution in [0.3, 0.4) is 0 Å². The number of fused-ring (bicyclic) bond motifs is 1. The van der Waals surface area contributed by atoms with Crippen molar-refractivity contribution in [2.75, 3.05) is 19.8 Å². The van der Waals surface area contributed by atoms with Crippen LogP contribution in [-0.2, 0) is 61.9 Å². The fraction of sp³-hybridized carbons (Fsp3) is 0.759. The van der Waals surface area contributed by atoms with Gasteiger partial charge in [-0.15, -0.1) is 0 Å². The van der Waals surface area contributed by atoms with Crippen molar-refractivity contribution >= 4 is 29.8 Å². The molecule has 2 aliphatic heterocycles. The molecule has 2 heterocycles. The lowest BCUT2D eigenvalue weighted by Gasteiger charge is -2.42. The highest BCUT2D eigenvalue weighted by atomic mass is 16.7. The summed E-state index contributed by atoms with van der Waals surface area (Å²) in [6.45, 7) is 6.57. The molecule has 3 aliphatic rings. The highest BCUT2D eigenvalue weighted by Gasteiger charge is 2.63. The number of carbonyl (C=O) groups is 5. The molecule has 1 saturated carbocycles. The summed E-state index contributed by atoms with van der Waals surface area (Å²) in [7, 11) is 0. The Morgan fingerprint density at radius 1 is 0.933 bits per heavy atom. The molecule has 3 rings (SSSR count). The normalized spacial score (nSPS) is 34.7. The van der Waals surface area contributed by atoms with Gasteiger partial charge < -0.3 is 53.2 Å². The van der Waals surface area contributed by atoms with Gasteiger partial charge in [-0.3, -0.25) is 24.0 Å². The Morgan fingerprint density at radius 3 is 2.16 bits per heavy atom. The first-order valence-electron chi connectivity index (χ1n) is 14.6. The Morgan fingerprint density at radius 2 is 1.58 bits per heavy atom. The monoisotopic (exact) mass is 646 g/mol. The van der Waals surface area contributed by atoms with Crippen LogP contribution >= 0.6 is 0 Å². The number of hydrogen-bond donors (Lipinski definition) is 3. The second-order valence-electron chi connectivity index (χ2n) is 11.4. The van der Waals surface area contributed by atoms with Crippen molar-refractivity contribution in [2.24, 2.45) is 17.8 Å². The van der Waals surface area contributed by atoms with Gasteiger partial charge >= 0.3 is 29.8 Å². The number of hydrogen-bond acceptors (Lipinski definition) is 16. The van der Waals surface area contributed by atoms with Gasteiger partial charge in [-0.2, -0.15) is 0 Å². The third-order valence-electron chi connectivity index (χ3n) is 8.03. The van der Waals surface area contributed by atoms with E-state index in [1.807, 2.05) is 0 Å². The van der Waals surface area contributed by atoms with Crippen molar-refractivity contribution in [3.05, 3.63) is 11.8 Å². The third-order valence-corrected chi connectivity index (χ3v) is 8.03. The predicted molar refractivity (Wildman–Crippen MR) is 146 cm³/mol. The van der Waals surface area contributed by atoms with Crippen LogP contribution in [0.2, 0.25) is 0 Å². The largest absolute Gasteiger partial charge is 0.463 e. The van der Waals surface area contributed by atoms with Crippen molar-refractivity contribution < 1.29 is 77.2 Å². The lowest BCUT2D eigenvalue weighted by molar-refractivity contribution is -0.303. The Labute approximate surface area is 259 Å². The smallest absolute Gasteiger partial charge is 0.311 e. The molecule has 11 atom stereocenters. The molecular formula is C29H42O16. The van der Waals surface area contributed by atoms with Gasteiger partial charge in [-0.25, -0.2) is 0 Å². The maximum atomic E-state index is 12.8. The van der Waals surface area contributed by atoms with E-state index in [1.165, 1.54) is 6.26 Å². The van der Waals surface area contributed by atoms with Crippen molar-refractivity contribution in [3.63, 3.8) is 0 Å². The molecule has 0 bridgehead atoms. The molecule has 0 aromatic rings. The lowest BCUT2D eigenvalue weighted by atomic mass is 9.80. The quantitative estimate of drug-likeness (QED) is 0.182. The van der Waals surface area contributed by atoms with Crippen molar-refractivity contribution in [1.29, 1.82) is 0 Å². The van der Waals surface area contributed by atoms with E-state index in [4.69, 9.17) is 37.9 Å². The van der Waals surface area contributed by atoms with E-state index < -0.39 is 110 Å². The molecular weight excluding hydrogens is 604 g/mol. The van der Waals surface area contributed by atoms with E-state index in [9.17, 15) is 39.3 Å².